The first kappa shape index (κ1) is 42.1. The largest absolute Gasteiger partial charge is 0.395 e. The molecule has 11 nitrogen and oxygen atoms in total. The number of hydrogen-bond donors (Lipinski definition) is 1. The maximum atomic E-state index is 17.1. The Morgan fingerprint density at radius 1 is 0.735 bits per heavy atom. The van der Waals surface area contributed by atoms with Crippen molar-refractivity contribution < 1.29 is 28.3 Å². The average Bonchev–Trinajstić information content (AvgIpc) is 4.13. The first-order chi connectivity index (χ1) is 33.0. The summed E-state index contributed by atoms with van der Waals surface area (Å²) < 4.78 is 26.0. The van der Waals surface area contributed by atoms with Crippen LogP contribution in [0.4, 0.5) is 32.5 Å². The summed E-state index contributed by atoms with van der Waals surface area (Å²) in [5.41, 5.74) is 5.37. The monoisotopic (exact) mass is 918 g/mol. The lowest BCUT2D eigenvalue weighted by molar-refractivity contribution is -0.146. The molecule has 1 fully saturated rings. The van der Waals surface area contributed by atoms with Crippen LogP contribution in [0.25, 0.3) is 21.5 Å². The number of fused-ring (bicyclic) bond motifs is 2. The maximum Gasteiger partial charge on any atom is 0.264 e. The van der Waals surface area contributed by atoms with Crippen LogP contribution in [0, 0.1) is 5.92 Å². The molecule has 0 saturated carbocycles. The SMILES string of the molecule is C[C@@H]1[C@@H]([Si](C)(C)F)[C@H](CCn2cc(C(CO)c3ccccc3)nn2)O[C@@]12C(=O)N(Cc1cccc(N3C(=O)c4cccc5cccc3c45)c1)c1ccc(N3C(=O)c4cccc5cccc3c45)cc12. The van der Waals surface area contributed by atoms with Crippen molar-refractivity contribution in [2.24, 2.45) is 5.92 Å². The molecule has 0 radical (unpaired) electrons. The lowest BCUT2D eigenvalue weighted by Gasteiger charge is -2.31. The fourth-order valence-electron chi connectivity index (χ4n) is 11.8. The molecule has 338 valence electrons. The number of anilines is 5. The summed E-state index contributed by atoms with van der Waals surface area (Å²) >= 11 is 0. The molecule has 7 aromatic carbocycles. The Morgan fingerprint density at radius 2 is 1.35 bits per heavy atom. The molecular weight excluding hydrogens is 872 g/mol. The van der Waals surface area contributed by atoms with Crippen LogP contribution in [0.5, 0.6) is 0 Å². The molecule has 1 N–H and O–H groups in total. The first-order valence-electron chi connectivity index (χ1n) is 23.2. The molecule has 12 rings (SSSR count). The normalized spacial score (nSPS) is 21.0. The highest BCUT2D eigenvalue weighted by atomic mass is 28.4. The number of halogens is 1. The summed E-state index contributed by atoms with van der Waals surface area (Å²) in [4.78, 5) is 49.2. The molecule has 4 aliphatic heterocycles. The number of aliphatic hydroxyl groups is 1. The van der Waals surface area contributed by atoms with E-state index in [9.17, 15) is 14.7 Å². The third-order valence-electron chi connectivity index (χ3n) is 14.8. The van der Waals surface area contributed by atoms with E-state index in [1.165, 1.54) is 0 Å². The van der Waals surface area contributed by atoms with Crippen molar-refractivity contribution in [2.45, 2.75) is 62.7 Å². The van der Waals surface area contributed by atoms with Crippen molar-refractivity contribution in [3.8, 4) is 0 Å². The highest BCUT2D eigenvalue weighted by Gasteiger charge is 2.66. The van der Waals surface area contributed by atoms with Crippen LogP contribution in [0.1, 0.15) is 62.4 Å². The maximum absolute atomic E-state index is 17.1. The Hall–Kier alpha value is -7.32. The Morgan fingerprint density at radius 3 is 1.99 bits per heavy atom. The van der Waals surface area contributed by atoms with Crippen molar-refractivity contribution in [1.29, 1.82) is 0 Å². The third-order valence-corrected chi connectivity index (χ3v) is 17.2. The summed E-state index contributed by atoms with van der Waals surface area (Å²) in [5.74, 6) is -1.56. The van der Waals surface area contributed by atoms with Gasteiger partial charge in [-0.05, 0) is 96.0 Å². The van der Waals surface area contributed by atoms with Crippen molar-refractivity contribution in [3.63, 3.8) is 0 Å². The van der Waals surface area contributed by atoms with Gasteiger partial charge in [0.05, 0.1) is 59.1 Å². The number of rotatable bonds is 11. The van der Waals surface area contributed by atoms with Crippen LogP contribution < -0.4 is 14.7 Å². The summed E-state index contributed by atoms with van der Waals surface area (Å²) in [6, 6.07) is 46.2. The van der Waals surface area contributed by atoms with Crippen molar-refractivity contribution >= 4 is 76.1 Å². The number of aliphatic hydroxyl groups excluding tert-OH is 1. The van der Waals surface area contributed by atoms with Crippen molar-refractivity contribution in [2.75, 3.05) is 21.3 Å². The first-order valence-corrected chi connectivity index (χ1v) is 26.1. The van der Waals surface area contributed by atoms with E-state index in [0.717, 1.165) is 44.0 Å². The van der Waals surface area contributed by atoms with Crippen LogP contribution in [-0.2, 0) is 28.2 Å². The van der Waals surface area contributed by atoms with E-state index >= 15 is 8.90 Å². The second-order valence-electron chi connectivity index (χ2n) is 19.0. The van der Waals surface area contributed by atoms with Crippen molar-refractivity contribution in [3.05, 3.63) is 185 Å². The lowest BCUT2D eigenvalue weighted by Crippen LogP contribution is -2.45. The molecule has 5 heterocycles. The molecule has 1 spiro atoms. The number of amides is 3. The molecule has 3 amide bonds. The molecule has 1 aromatic heterocycles. The van der Waals surface area contributed by atoms with Gasteiger partial charge in [-0.3, -0.25) is 28.9 Å². The van der Waals surface area contributed by atoms with Gasteiger partial charge in [-0.1, -0.05) is 103 Å². The minimum Gasteiger partial charge on any atom is -0.395 e. The molecular formula is C55H47FN6O5Si. The molecule has 5 atom stereocenters. The van der Waals surface area contributed by atoms with Gasteiger partial charge < -0.3 is 18.9 Å². The molecule has 4 aliphatic rings. The molecule has 0 bridgehead atoms. The second-order valence-corrected chi connectivity index (χ2v) is 22.8. The van der Waals surface area contributed by atoms with Gasteiger partial charge in [0.15, 0.2) is 5.60 Å². The number of aromatic nitrogens is 3. The predicted molar refractivity (Wildman–Crippen MR) is 263 cm³/mol. The number of nitrogens with zero attached hydrogens (tertiary/aromatic N) is 6. The second kappa shape index (κ2) is 15.6. The van der Waals surface area contributed by atoms with E-state index in [0.29, 0.717) is 52.4 Å². The summed E-state index contributed by atoms with van der Waals surface area (Å²) in [6.07, 6.45) is 1.49. The molecule has 0 aliphatic carbocycles. The van der Waals surface area contributed by atoms with Gasteiger partial charge in [0, 0.05) is 51.9 Å². The Labute approximate surface area is 393 Å². The van der Waals surface area contributed by atoms with Crippen LogP contribution in [-0.4, -0.2) is 58.9 Å². The summed E-state index contributed by atoms with van der Waals surface area (Å²) in [6.45, 7) is 5.64. The Balaban J connectivity index is 0.925. The third kappa shape index (κ3) is 6.25. The fraction of sp³-hybridized carbons (Fsp3) is 0.218. The highest BCUT2D eigenvalue weighted by molar-refractivity contribution is 6.72. The van der Waals surface area contributed by atoms with E-state index in [2.05, 4.69) is 10.3 Å². The number of carbonyl (C=O) groups is 3. The Kier molecular flexibility index (Phi) is 9.66. The number of hydrogen-bond acceptors (Lipinski definition) is 7. The summed E-state index contributed by atoms with van der Waals surface area (Å²) in [7, 11) is -3.57. The van der Waals surface area contributed by atoms with E-state index in [4.69, 9.17) is 4.74 Å². The van der Waals surface area contributed by atoms with E-state index < -0.39 is 31.6 Å². The standard InChI is InChI=1S/C55H47FN6O5Si/c1-33-51(68(2,3)56)48(26-27-59-31-44(57-58-59)42(32-63)35-13-5-4-6-14-35)67-55(33)43-29-39(62-47-23-11-18-37-16-9-21-41(50(37)47)53(62)65)24-25-45(43)60(54(55)66)30-34-12-7-19-38(28-34)61-46-22-10-17-36-15-8-20-40(49(36)46)52(61)64/h4-25,28-29,31,33,42,48,51,63H,26-27,30,32H2,1-3H3/t33-,42?,48+,51-,55+/m1/s1. The van der Waals surface area contributed by atoms with Gasteiger partial charge in [0.1, 0.15) is 0 Å². The number of aryl methyl sites for hydroxylation is 1. The van der Waals surface area contributed by atoms with E-state index in [1.807, 2.05) is 159 Å². The minimum atomic E-state index is -3.57. The number of ether oxygens (including phenoxy) is 1. The zero-order valence-electron chi connectivity index (χ0n) is 37.7. The fourth-order valence-corrected chi connectivity index (χ4v) is 14.4. The molecule has 1 saturated heterocycles. The van der Waals surface area contributed by atoms with E-state index in [1.54, 1.807) is 32.5 Å². The van der Waals surface area contributed by atoms with Crippen LogP contribution in [0.2, 0.25) is 18.6 Å². The Bertz CT molecular complexity index is 3380. The highest BCUT2D eigenvalue weighted by Crippen LogP contribution is 2.61. The lowest BCUT2D eigenvalue weighted by atomic mass is 9.82. The van der Waals surface area contributed by atoms with E-state index in [-0.39, 0.29) is 36.8 Å². The van der Waals surface area contributed by atoms with Crippen LogP contribution in [0.3, 0.4) is 0 Å². The predicted octanol–water partition coefficient (Wildman–Crippen LogP) is 10.7. The van der Waals surface area contributed by atoms with Gasteiger partial charge >= 0.3 is 0 Å². The zero-order valence-corrected chi connectivity index (χ0v) is 38.7. The average molecular weight is 919 g/mol. The molecule has 13 heteroatoms. The van der Waals surface area contributed by atoms with Gasteiger partial charge in [-0.25, -0.2) is 0 Å². The number of carbonyl (C=O) groups excluding carboxylic acids is 3. The van der Waals surface area contributed by atoms with Crippen LogP contribution in [0.15, 0.2) is 152 Å². The zero-order chi connectivity index (χ0) is 46.6. The molecule has 8 aromatic rings. The topological polar surface area (TPSA) is 121 Å². The van der Waals surface area contributed by atoms with Crippen LogP contribution >= 0.6 is 0 Å². The smallest absolute Gasteiger partial charge is 0.264 e. The quantitative estimate of drug-likeness (QED) is 0.101. The van der Waals surface area contributed by atoms with Gasteiger partial charge in [-0.2, -0.15) is 0 Å². The number of benzene rings is 7. The molecule has 1 unspecified atom stereocenters. The van der Waals surface area contributed by atoms with Gasteiger partial charge in [0.2, 0.25) is 8.41 Å². The summed E-state index contributed by atoms with van der Waals surface area (Å²) in [5, 5.41) is 22.9. The minimum absolute atomic E-state index is 0.118. The molecule has 68 heavy (non-hydrogen) atoms. The van der Waals surface area contributed by atoms with Gasteiger partial charge in [0.25, 0.3) is 17.7 Å². The van der Waals surface area contributed by atoms with Crippen molar-refractivity contribution in [1.82, 2.24) is 15.0 Å². The van der Waals surface area contributed by atoms with Gasteiger partial charge in [-0.15, -0.1) is 5.10 Å².